The first-order valence-electron chi connectivity index (χ1n) is 15.0. The molecule has 0 aromatic carbocycles. The number of carbonyl (C=O) groups is 2. The zero-order valence-corrected chi connectivity index (χ0v) is 26.0. The van der Waals surface area contributed by atoms with Crippen molar-refractivity contribution >= 4 is 21.6 Å². The van der Waals surface area contributed by atoms with Gasteiger partial charge < -0.3 is 0 Å². The lowest BCUT2D eigenvalue weighted by atomic mass is 9.32. The Labute approximate surface area is 235 Å². The predicted octanol–water partition coefficient (Wildman–Crippen LogP) is 5.69. The fourth-order valence-electron chi connectivity index (χ4n) is 11.3. The van der Waals surface area contributed by atoms with Crippen molar-refractivity contribution in [1.29, 1.82) is 5.26 Å². The number of hydrogen-bond acceptors (Lipinski definition) is 5. The van der Waals surface area contributed by atoms with E-state index in [0.29, 0.717) is 24.7 Å². The molecule has 6 nitrogen and oxygen atoms in total. The predicted molar refractivity (Wildman–Crippen MR) is 152 cm³/mol. The molecule has 5 aliphatic carbocycles. The Morgan fingerprint density at radius 2 is 1.59 bits per heavy atom. The maximum atomic E-state index is 14.4. The molecule has 39 heavy (non-hydrogen) atoms. The smallest absolute Gasteiger partial charge is 0.208 e. The van der Waals surface area contributed by atoms with Gasteiger partial charge in [0.1, 0.15) is 11.9 Å². The third-order valence-electron chi connectivity index (χ3n) is 13.0. The molecule has 5 rings (SSSR count). The molecule has 4 fully saturated rings. The normalized spacial score (nSPS) is 46.6. The first kappa shape index (κ1) is 29.0. The highest BCUT2D eigenvalue weighted by Crippen LogP contribution is 2.74. The molecule has 7 heteroatoms. The van der Waals surface area contributed by atoms with E-state index in [2.05, 4.69) is 45.4 Å². The van der Waals surface area contributed by atoms with E-state index in [1.54, 1.807) is 0 Å². The van der Waals surface area contributed by atoms with E-state index in [1.165, 1.54) is 6.26 Å². The molecule has 0 saturated heterocycles. The van der Waals surface area contributed by atoms with Crippen molar-refractivity contribution in [3.05, 3.63) is 11.6 Å². The maximum Gasteiger partial charge on any atom is 0.208 e. The summed E-state index contributed by atoms with van der Waals surface area (Å²) in [4.78, 5) is 27.7. The van der Waals surface area contributed by atoms with E-state index >= 15 is 0 Å². The van der Waals surface area contributed by atoms with Crippen molar-refractivity contribution in [2.24, 2.45) is 62.6 Å². The Hall–Kier alpha value is -1.52. The first-order chi connectivity index (χ1) is 17.8. The van der Waals surface area contributed by atoms with Gasteiger partial charge in [0.2, 0.25) is 10.0 Å². The van der Waals surface area contributed by atoms with Crippen LogP contribution in [0.2, 0.25) is 0 Å². The summed E-state index contributed by atoms with van der Waals surface area (Å²) in [5.74, 6) is 1.29. The molecule has 0 aromatic heterocycles. The molecule has 1 N–H and O–H groups in total. The summed E-state index contributed by atoms with van der Waals surface area (Å²) in [6.07, 6.45) is 9.56. The van der Waals surface area contributed by atoms with Crippen molar-refractivity contribution < 1.29 is 18.0 Å². The SMILES string of the molecule is CC1(C)CC(CNS(C)(=O)=O)[C@H]2CC[C@]3(C)[C@H](C(=O)CC4[C@@]5(C)C=C(C#N)C(=O)C(C)(C)C5CC[C@]43C)[C@H]2C1. The largest absolute Gasteiger partial charge is 0.299 e. The lowest BCUT2D eigenvalue weighted by molar-refractivity contribution is -0.214. The van der Waals surface area contributed by atoms with Crippen LogP contribution in [0.15, 0.2) is 11.6 Å². The number of fused-ring (bicyclic) bond motifs is 7. The van der Waals surface area contributed by atoms with Gasteiger partial charge in [-0.05, 0) is 89.8 Å². The molecule has 0 heterocycles. The lowest BCUT2D eigenvalue weighted by Crippen LogP contribution is -2.68. The van der Waals surface area contributed by atoms with E-state index in [4.69, 9.17) is 0 Å². The molecule has 0 radical (unpaired) electrons. The molecular formula is C32H48N2O4S. The Balaban J connectivity index is 1.56. The number of allylic oxidation sites excluding steroid dienone is 2. The molecule has 3 unspecified atom stereocenters. The van der Waals surface area contributed by atoms with Crippen LogP contribution >= 0.6 is 0 Å². The third kappa shape index (κ3) is 4.13. The van der Waals surface area contributed by atoms with Crippen molar-refractivity contribution in [1.82, 2.24) is 4.72 Å². The number of nitriles is 1. The van der Waals surface area contributed by atoms with E-state index < -0.39 is 15.4 Å². The Bertz CT molecular complexity index is 1280. The molecular weight excluding hydrogens is 508 g/mol. The van der Waals surface area contributed by atoms with Crippen molar-refractivity contribution in [2.75, 3.05) is 12.8 Å². The first-order valence-corrected chi connectivity index (χ1v) is 16.8. The minimum Gasteiger partial charge on any atom is -0.299 e. The van der Waals surface area contributed by atoms with Gasteiger partial charge >= 0.3 is 0 Å². The number of ketones is 2. The summed E-state index contributed by atoms with van der Waals surface area (Å²) < 4.78 is 26.7. The highest BCUT2D eigenvalue weighted by atomic mass is 32.2. The minimum atomic E-state index is -3.28. The van der Waals surface area contributed by atoms with Crippen LogP contribution in [-0.2, 0) is 19.6 Å². The number of nitrogens with zero attached hydrogens (tertiary/aromatic N) is 1. The van der Waals surface area contributed by atoms with Gasteiger partial charge in [-0.3, -0.25) is 9.59 Å². The van der Waals surface area contributed by atoms with Crippen LogP contribution in [0.4, 0.5) is 0 Å². The van der Waals surface area contributed by atoms with Gasteiger partial charge in [0, 0.05) is 24.3 Å². The van der Waals surface area contributed by atoms with Crippen LogP contribution < -0.4 is 4.72 Å². The van der Waals surface area contributed by atoms with Crippen LogP contribution in [0.25, 0.3) is 0 Å². The number of sulfonamides is 1. The number of Topliss-reactive ketones (excluding diaryl/α,β-unsaturated/α-hetero) is 2. The quantitative estimate of drug-likeness (QED) is 0.481. The Kier molecular flexibility index (Phi) is 6.50. The average Bonchev–Trinajstić information content (AvgIpc) is 2.80. The molecule has 0 aromatic rings. The van der Waals surface area contributed by atoms with Crippen molar-refractivity contribution in [3.8, 4) is 6.07 Å². The van der Waals surface area contributed by atoms with Crippen LogP contribution in [0.5, 0.6) is 0 Å². The fourth-order valence-corrected chi connectivity index (χ4v) is 11.8. The van der Waals surface area contributed by atoms with Crippen LogP contribution in [0, 0.1) is 73.9 Å². The summed E-state index contributed by atoms with van der Waals surface area (Å²) >= 11 is 0. The lowest BCUT2D eigenvalue weighted by Gasteiger charge is -2.71. The maximum absolute atomic E-state index is 14.4. The van der Waals surface area contributed by atoms with Gasteiger partial charge in [-0.1, -0.05) is 54.5 Å². The monoisotopic (exact) mass is 556 g/mol. The summed E-state index contributed by atoms with van der Waals surface area (Å²) in [5, 5.41) is 9.90. The summed E-state index contributed by atoms with van der Waals surface area (Å²) in [7, 11) is -3.28. The zero-order valence-electron chi connectivity index (χ0n) is 25.2. The van der Waals surface area contributed by atoms with Gasteiger partial charge in [-0.2, -0.15) is 5.26 Å². The second kappa shape index (κ2) is 8.74. The van der Waals surface area contributed by atoms with Crippen LogP contribution in [0.3, 0.4) is 0 Å². The molecule has 4 saturated carbocycles. The molecule has 0 aliphatic heterocycles. The van der Waals surface area contributed by atoms with Crippen molar-refractivity contribution in [3.63, 3.8) is 0 Å². The van der Waals surface area contributed by atoms with E-state index in [9.17, 15) is 23.3 Å². The molecule has 0 amide bonds. The number of hydrogen-bond donors (Lipinski definition) is 1. The third-order valence-corrected chi connectivity index (χ3v) is 13.7. The molecule has 216 valence electrons. The molecule has 0 bridgehead atoms. The van der Waals surface area contributed by atoms with Gasteiger partial charge in [-0.25, -0.2) is 13.1 Å². The number of nitrogens with one attached hydrogen (secondary N) is 1. The zero-order chi connectivity index (χ0) is 29.0. The fraction of sp³-hybridized carbons (Fsp3) is 0.844. The highest BCUT2D eigenvalue weighted by molar-refractivity contribution is 7.88. The molecule has 9 atom stereocenters. The molecule has 0 spiro atoms. The number of carbonyl (C=O) groups excluding carboxylic acids is 2. The van der Waals surface area contributed by atoms with E-state index in [0.717, 1.165) is 38.5 Å². The second-order valence-corrected chi connectivity index (χ2v) is 17.9. The van der Waals surface area contributed by atoms with Crippen LogP contribution in [-0.4, -0.2) is 32.8 Å². The highest BCUT2D eigenvalue weighted by Gasteiger charge is 2.70. The Morgan fingerprint density at radius 1 is 0.949 bits per heavy atom. The van der Waals surface area contributed by atoms with Gasteiger partial charge in [0.15, 0.2) is 5.78 Å². The second-order valence-electron chi connectivity index (χ2n) is 16.0. The molecule has 5 aliphatic rings. The number of rotatable bonds is 3. The Morgan fingerprint density at radius 3 is 2.21 bits per heavy atom. The summed E-state index contributed by atoms with van der Waals surface area (Å²) in [5.41, 5.74) is -0.954. The standard InChI is InChI=1S/C32H48N2O4S/c1-28(2)14-20(18-34-39(8,37)38)21-9-11-32(7)26(22(21)16-28)23(35)13-25-30(5)15-19(17-33)27(36)29(3,4)24(30)10-12-31(25,32)6/h15,20-22,24-26,34H,9-14,16,18H2,1-8H3/t20?,21-,22+,24?,25?,26+,30+,31-,32-/m1/s1. The van der Waals surface area contributed by atoms with Crippen LogP contribution in [0.1, 0.15) is 93.4 Å². The van der Waals surface area contributed by atoms with Crippen molar-refractivity contribution in [2.45, 2.75) is 93.4 Å². The minimum absolute atomic E-state index is 0.0318. The van der Waals surface area contributed by atoms with Gasteiger partial charge in [0.05, 0.1) is 11.8 Å². The van der Waals surface area contributed by atoms with Gasteiger partial charge in [-0.15, -0.1) is 0 Å². The average molecular weight is 557 g/mol. The summed E-state index contributed by atoms with van der Waals surface area (Å²) in [6, 6.07) is 2.20. The summed E-state index contributed by atoms with van der Waals surface area (Å²) in [6.45, 7) is 16.0. The van der Waals surface area contributed by atoms with E-state index in [1.807, 2.05) is 19.9 Å². The van der Waals surface area contributed by atoms with E-state index in [-0.39, 0.29) is 62.6 Å². The topological polar surface area (TPSA) is 104 Å². The van der Waals surface area contributed by atoms with Gasteiger partial charge in [0.25, 0.3) is 0 Å².